The summed E-state index contributed by atoms with van der Waals surface area (Å²) in [5.74, 6) is -2.78. The molecule has 1 saturated heterocycles. The highest BCUT2D eigenvalue weighted by Crippen LogP contribution is 2.19. The monoisotopic (exact) mass is 411 g/mol. The number of rotatable bonds is 2. The van der Waals surface area contributed by atoms with E-state index in [1.807, 2.05) is 6.07 Å². The van der Waals surface area contributed by atoms with E-state index in [1.165, 1.54) is 21.6 Å². The zero-order valence-electron chi connectivity index (χ0n) is 16.3. The first kappa shape index (κ1) is 19.8. The van der Waals surface area contributed by atoms with Crippen molar-refractivity contribution >= 4 is 22.7 Å². The first-order chi connectivity index (χ1) is 14.4. The Morgan fingerprint density at radius 2 is 1.47 bits per heavy atom. The number of carbonyl (C=O) groups is 2. The molecule has 1 aliphatic rings. The minimum Gasteiger partial charge on any atom is -0.335 e. The third-order valence-electron chi connectivity index (χ3n) is 5.41. The summed E-state index contributed by atoms with van der Waals surface area (Å²) in [6.45, 7) is 1.06. The molecule has 2 amide bonds. The molecule has 3 aromatic rings. The van der Waals surface area contributed by atoms with Crippen LogP contribution in [0.25, 0.3) is 10.9 Å². The summed E-state index contributed by atoms with van der Waals surface area (Å²) in [4.78, 5) is 41.0. The molecule has 4 rings (SSSR count). The lowest BCUT2D eigenvalue weighted by Gasteiger charge is -2.35. The standard InChI is InChI=1S/C22H19F2N3O3/c1-25-19-5-3-2-4-15(19)16(13-20(25)28)22(30)27-10-8-26(9-11-27)21(29)14-6-7-17(23)18(24)12-14/h2-7,12-13H,8-11H2,1H3. The van der Waals surface area contributed by atoms with Gasteiger partial charge in [0.05, 0.1) is 11.1 Å². The highest BCUT2D eigenvalue weighted by Gasteiger charge is 2.27. The van der Waals surface area contributed by atoms with Crippen molar-refractivity contribution < 1.29 is 18.4 Å². The highest BCUT2D eigenvalue weighted by atomic mass is 19.2. The highest BCUT2D eigenvalue weighted by molar-refractivity contribution is 6.06. The van der Waals surface area contributed by atoms with Crippen LogP contribution < -0.4 is 5.56 Å². The van der Waals surface area contributed by atoms with E-state index in [1.54, 1.807) is 30.1 Å². The van der Waals surface area contributed by atoms with E-state index >= 15 is 0 Å². The maximum Gasteiger partial charge on any atom is 0.254 e. The van der Waals surface area contributed by atoms with Gasteiger partial charge in [-0.25, -0.2) is 8.78 Å². The summed E-state index contributed by atoms with van der Waals surface area (Å²) in [6.07, 6.45) is 0. The molecule has 1 fully saturated rings. The molecule has 8 heteroatoms. The van der Waals surface area contributed by atoms with Gasteiger partial charge in [-0.3, -0.25) is 14.4 Å². The zero-order chi connectivity index (χ0) is 21.4. The first-order valence-electron chi connectivity index (χ1n) is 9.49. The molecular formula is C22H19F2N3O3. The molecule has 6 nitrogen and oxygen atoms in total. The fourth-order valence-electron chi connectivity index (χ4n) is 3.68. The molecule has 154 valence electrons. The van der Waals surface area contributed by atoms with Crippen molar-refractivity contribution in [3.05, 3.63) is 81.6 Å². The molecule has 2 aromatic carbocycles. The number of pyridine rings is 1. The largest absolute Gasteiger partial charge is 0.335 e. The molecule has 1 aliphatic heterocycles. The zero-order valence-corrected chi connectivity index (χ0v) is 16.3. The van der Waals surface area contributed by atoms with Gasteiger partial charge in [-0.2, -0.15) is 0 Å². The van der Waals surface area contributed by atoms with Crippen molar-refractivity contribution in [1.82, 2.24) is 14.4 Å². The van der Waals surface area contributed by atoms with Gasteiger partial charge in [-0.1, -0.05) is 18.2 Å². The van der Waals surface area contributed by atoms with E-state index < -0.39 is 17.5 Å². The molecule has 0 unspecified atom stereocenters. The molecule has 0 aliphatic carbocycles. The number of aromatic nitrogens is 1. The maximum absolute atomic E-state index is 13.4. The van der Waals surface area contributed by atoms with Crippen molar-refractivity contribution in [2.75, 3.05) is 26.2 Å². The second-order valence-corrected chi connectivity index (χ2v) is 7.19. The molecule has 0 saturated carbocycles. The second kappa shape index (κ2) is 7.70. The number of hydrogen-bond donors (Lipinski definition) is 0. The van der Waals surface area contributed by atoms with Gasteiger partial charge in [-0.15, -0.1) is 0 Å². The molecule has 0 N–H and O–H groups in total. The fraction of sp³-hybridized carbons (Fsp3) is 0.227. The van der Waals surface area contributed by atoms with Gasteiger partial charge >= 0.3 is 0 Å². The first-order valence-corrected chi connectivity index (χ1v) is 9.49. The van der Waals surface area contributed by atoms with Crippen molar-refractivity contribution in [2.24, 2.45) is 7.05 Å². The minimum atomic E-state index is -1.08. The van der Waals surface area contributed by atoms with Crippen LogP contribution in [-0.2, 0) is 7.05 Å². The van der Waals surface area contributed by atoms with E-state index in [2.05, 4.69) is 0 Å². The van der Waals surface area contributed by atoms with Gasteiger partial charge in [0.15, 0.2) is 11.6 Å². The number of hydrogen-bond acceptors (Lipinski definition) is 3. The van der Waals surface area contributed by atoms with Crippen molar-refractivity contribution in [1.29, 1.82) is 0 Å². The topological polar surface area (TPSA) is 62.6 Å². The van der Waals surface area contributed by atoms with Crippen molar-refractivity contribution in [2.45, 2.75) is 0 Å². The second-order valence-electron chi connectivity index (χ2n) is 7.19. The molecule has 1 aromatic heterocycles. The maximum atomic E-state index is 13.4. The van der Waals surface area contributed by atoms with Crippen LogP contribution in [0.5, 0.6) is 0 Å². The van der Waals surface area contributed by atoms with Gasteiger partial charge in [0.25, 0.3) is 17.4 Å². The van der Waals surface area contributed by atoms with Crippen molar-refractivity contribution in [3.8, 4) is 0 Å². The Labute approximate surface area is 170 Å². The SMILES string of the molecule is Cn1c(=O)cc(C(=O)N2CCN(C(=O)c3ccc(F)c(F)c3)CC2)c2ccccc21. The normalized spacial score (nSPS) is 14.2. The van der Waals surface area contributed by atoms with Crippen LogP contribution in [0.4, 0.5) is 8.78 Å². The Morgan fingerprint density at radius 1 is 0.833 bits per heavy atom. The lowest BCUT2D eigenvalue weighted by molar-refractivity contribution is 0.0536. The Balaban J connectivity index is 1.52. The third kappa shape index (κ3) is 3.45. The molecule has 0 bridgehead atoms. The van der Waals surface area contributed by atoms with Crippen LogP contribution in [-0.4, -0.2) is 52.4 Å². The predicted octanol–water partition coefficient (Wildman–Crippen LogP) is 2.41. The number of piperazine rings is 1. The summed E-state index contributed by atoms with van der Waals surface area (Å²) in [7, 11) is 1.65. The average molecular weight is 411 g/mol. The number of para-hydroxylation sites is 1. The van der Waals surface area contributed by atoms with Crippen LogP contribution in [0.1, 0.15) is 20.7 Å². The van der Waals surface area contributed by atoms with Gasteiger partial charge in [0, 0.05) is 50.2 Å². The molecule has 30 heavy (non-hydrogen) atoms. The van der Waals surface area contributed by atoms with Gasteiger partial charge < -0.3 is 14.4 Å². The minimum absolute atomic E-state index is 0.0613. The summed E-state index contributed by atoms with van der Waals surface area (Å²) >= 11 is 0. The van der Waals surface area contributed by atoms with E-state index in [9.17, 15) is 23.2 Å². The summed E-state index contributed by atoms with van der Waals surface area (Å²) in [6, 6.07) is 11.6. The van der Waals surface area contributed by atoms with E-state index in [0.29, 0.717) is 16.5 Å². The predicted molar refractivity (Wildman–Crippen MR) is 107 cm³/mol. The number of halogens is 2. The number of aryl methyl sites for hydroxylation is 1. The molecule has 0 spiro atoms. The molecule has 0 radical (unpaired) electrons. The summed E-state index contributed by atoms with van der Waals surface area (Å²) in [5, 5.41) is 0.685. The Hall–Kier alpha value is -3.55. The Kier molecular flexibility index (Phi) is 5.07. The summed E-state index contributed by atoms with van der Waals surface area (Å²) in [5.41, 5.74) is 0.782. The van der Waals surface area contributed by atoms with Crippen LogP contribution in [0, 0.1) is 11.6 Å². The molecule has 2 heterocycles. The fourth-order valence-corrected chi connectivity index (χ4v) is 3.68. The van der Waals surface area contributed by atoms with Gasteiger partial charge in [0.2, 0.25) is 0 Å². The van der Waals surface area contributed by atoms with Crippen LogP contribution in [0.15, 0.2) is 53.3 Å². The summed E-state index contributed by atoms with van der Waals surface area (Å²) < 4.78 is 28.0. The number of amides is 2. The van der Waals surface area contributed by atoms with E-state index in [-0.39, 0.29) is 43.2 Å². The van der Waals surface area contributed by atoms with Crippen LogP contribution in [0.2, 0.25) is 0 Å². The van der Waals surface area contributed by atoms with Crippen LogP contribution >= 0.6 is 0 Å². The number of fused-ring (bicyclic) bond motifs is 1. The Morgan fingerprint density at radius 3 is 2.13 bits per heavy atom. The lowest BCUT2D eigenvalue weighted by atomic mass is 10.1. The number of benzene rings is 2. The van der Waals surface area contributed by atoms with E-state index in [0.717, 1.165) is 12.1 Å². The quantitative estimate of drug-likeness (QED) is 0.651. The van der Waals surface area contributed by atoms with Crippen molar-refractivity contribution in [3.63, 3.8) is 0 Å². The molecule has 0 atom stereocenters. The van der Waals surface area contributed by atoms with Gasteiger partial charge in [-0.05, 0) is 24.3 Å². The van der Waals surface area contributed by atoms with Crippen LogP contribution in [0.3, 0.4) is 0 Å². The molecular weight excluding hydrogens is 392 g/mol. The number of carbonyl (C=O) groups excluding carboxylic acids is 2. The van der Waals surface area contributed by atoms with Gasteiger partial charge in [0.1, 0.15) is 0 Å². The number of nitrogens with zero attached hydrogens (tertiary/aromatic N) is 3. The van der Waals surface area contributed by atoms with E-state index in [4.69, 9.17) is 0 Å². The lowest BCUT2D eigenvalue weighted by Crippen LogP contribution is -2.50. The third-order valence-corrected chi connectivity index (χ3v) is 5.41. The smallest absolute Gasteiger partial charge is 0.254 e. The Bertz CT molecular complexity index is 1210. The average Bonchev–Trinajstić information content (AvgIpc) is 2.77.